The Bertz CT molecular complexity index is 364. The molecule has 2 nitrogen and oxygen atoms in total. The summed E-state index contributed by atoms with van der Waals surface area (Å²) >= 11 is 3.92. The highest BCUT2D eigenvalue weighted by atomic mass is 32.2. The lowest BCUT2D eigenvalue weighted by molar-refractivity contribution is 0.0573. The van der Waals surface area contributed by atoms with E-state index in [1.807, 2.05) is 11.3 Å². The van der Waals surface area contributed by atoms with Crippen molar-refractivity contribution in [2.75, 3.05) is 12.3 Å². The van der Waals surface area contributed by atoms with Crippen LogP contribution in [0.25, 0.3) is 0 Å². The maximum Gasteiger partial charge on any atom is 0.0461 e. The molecule has 1 saturated heterocycles. The first-order chi connectivity index (χ1) is 8.60. The van der Waals surface area contributed by atoms with Gasteiger partial charge in [-0.1, -0.05) is 13.0 Å². The molecule has 1 aromatic heterocycles. The molecule has 2 heterocycles. The highest BCUT2D eigenvalue weighted by Crippen LogP contribution is 2.41. The number of rotatable bonds is 5. The van der Waals surface area contributed by atoms with Crippen molar-refractivity contribution in [2.24, 2.45) is 5.73 Å². The molecule has 0 amide bonds. The van der Waals surface area contributed by atoms with Crippen LogP contribution in [0.2, 0.25) is 0 Å². The first-order valence-corrected chi connectivity index (χ1v) is 8.64. The minimum Gasteiger partial charge on any atom is -0.329 e. The largest absolute Gasteiger partial charge is 0.329 e. The van der Waals surface area contributed by atoms with E-state index in [0.717, 1.165) is 13.1 Å². The van der Waals surface area contributed by atoms with Crippen molar-refractivity contribution in [2.45, 2.75) is 50.6 Å². The number of hydrogen-bond acceptors (Lipinski definition) is 4. The van der Waals surface area contributed by atoms with Gasteiger partial charge in [0.25, 0.3) is 0 Å². The van der Waals surface area contributed by atoms with E-state index in [9.17, 15) is 0 Å². The molecule has 4 heteroatoms. The molecule has 0 bridgehead atoms. The Morgan fingerprint density at radius 1 is 1.56 bits per heavy atom. The fourth-order valence-corrected chi connectivity index (χ4v) is 5.15. The Balaban J connectivity index is 2.23. The second-order valence-corrected chi connectivity index (χ2v) is 7.85. The Labute approximate surface area is 119 Å². The lowest BCUT2D eigenvalue weighted by atomic mass is 9.89. The summed E-state index contributed by atoms with van der Waals surface area (Å²) in [4.78, 5) is 4.07. The fraction of sp³-hybridized carbons (Fsp3) is 0.714. The van der Waals surface area contributed by atoms with Crippen molar-refractivity contribution in [1.82, 2.24) is 4.90 Å². The van der Waals surface area contributed by atoms with Crippen molar-refractivity contribution in [3.8, 4) is 0 Å². The zero-order valence-corrected chi connectivity index (χ0v) is 13.2. The van der Waals surface area contributed by atoms with Crippen molar-refractivity contribution in [1.29, 1.82) is 0 Å². The first-order valence-electron chi connectivity index (χ1n) is 6.71. The van der Waals surface area contributed by atoms with Gasteiger partial charge in [0.1, 0.15) is 0 Å². The summed E-state index contributed by atoms with van der Waals surface area (Å²) in [6, 6.07) is 4.91. The molecular weight excluding hydrogens is 260 g/mol. The zero-order chi connectivity index (χ0) is 13.2. The summed E-state index contributed by atoms with van der Waals surface area (Å²) in [7, 11) is 0. The summed E-state index contributed by atoms with van der Waals surface area (Å²) in [5.74, 6) is 1.24. The van der Waals surface area contributed by atoms with Crippen LogP contribution in [0.1, 0.15) is 32.1 Å². The number of thiophene rings is 1. The monoisotopic (exact) mass is 284 g/mol. The molecule has 1 aliphatic rings. The first kappa shape index (κ1) is 14.4. The minimum atomic E-state index is 0.183. The number of thioether (sulfide) groups is 1. The molecule has 0 radical (unpaired) electrons. The quantitative estimate of drug-likeness (QED) is 0.900. The average molecular weight is 284 g/mol. The van der Waals surface area contributed by atoms with Crippen LogP contribution in [0.15, 0.2) is 17.5 Å². The summed E-state index contributed by atoms with van der Waals surface area (Å²) in [6.45, 7) is 8.73. The molecule has 18 heavy (non-hydrogen) atoms. The van der Waals surface area contributed by atoms with Crippen LogP contribution in [-0.4, -0.2) is 34.0 Å². The Hall–Kier alpha value is -0.0300. The van der Waals surface area contributed by atoms with Gasteiger partial charge < -0.3 is 5.73 Å². The van der Waals surface area contributed by atoms with Crippen molar-refractivity contribution in [3.63, 3.8) is 0 Å². The highest BCUT2D eigenvalue weighted by molar-refractivity contribution is 8.00. The normalized spacial score (nSPS) is 28.4. The fourth-order valence-electron chi connectivity index (χ4n) is 2.96. The van der Waals surface area contributed by atoms with E-state index in [4.69, 9.17) is 5.73 Å². The third-order valence-corrected chi connectivity index (χ3v) is 6.35. The maximum absolute atomic E-state index is 6.18. The highest BCUT2D eigenvalue weighted by Gasteiger charge is 2.45. The SMILES string of the molecule is CC(C)N(Cc1cccs1)C1(CN)CCSC1C. The standard InChI is InChI=1S/C14H24N2S2/c1-11(2)16(9-13-5-4-7-18-13)14(10-15)6-8-17-12(14)3/h4-5,7,11-12H,6,8-10,15H2,1-3H3. The number of nitrogens with two attached hydrogens (primary N) is 1. The number of hydrogen-bond donors (Lipinski definition) is 1. The van der Waals surface area contributed by atoms with Crippen molar-refractivity contribution >= 4 is 23.1 Å². The molecule has 0 aromatic carbocycles. The van der Waals surface area contributed by atoms with E-state index in [1.165, 1.54) is 17.1 Å². The van der Waals surface area contributed by atoms with Gasteiger partial charge >= 0.3 is 0 Å². The van der Waals surface area contributed by atoms with Crippen LogP contribution in [-0.2, 0) is 6.54 Å². The summed E-state index contributed by atoms with van der Waals surface area (Å²) in [5.41, 5.74) is 6.36. The molecule has 1 fully saturated rings. The van der Waals surface area contributed by atoms with E-state index in [2.05, 4.69) is 54.9 Å². The third-order valence-electron chi connectivity index (χ3n) is 4.11. The topological polar surface area (TPSA) is 29.3 Å². The Kier molecular flexibility index (Phi) is 4.75. The maximum atomic E-state index is 6.18. The van der Waals surface area contributed by atoms with E-state index >= 15 is 0 Å². The van der Waals surface area contributed by atoms with E-state index in [1.54, 1.807) is 0 Å². The van der Waals surface area contributed by atoms with Crippen LogP contribution in [0.4, 0.5) is 0 Å². The molecule has 1 aliphatic heterocycles. The molecule has 2 atom stereocenters. The second-order valence-electron chi connectivity index (χ2n) is 5.37. The van der Waals surface area contributed by atoms with Gasteiger partial charge in [0.05, 0.1) is 0 Å². The lowest BCUT2D eigenvalue weighted by Crippen LogP contribution is -2.59. The second kappa shape index (κ2) is 5.95. The predicted molar refractivity (Wildman–Crippen MR) is 83.3 cm³/mol. The molecule has 0 spiro atoms. The average Bonchev–Trinajstić information content (AvgIpc) is 2.96. The third kappa shape index (κ3) is 2.62. The molecular formula is C14H24N2S2. The van der Waals surface area contributed by atoms with E-state index in [0.29, 0.717) is 11.3 Å². The van der Waals surface area contributed by atoms with Crippen LogP contribution in [0, 0.1) is 0 Å². The minimum absolute atomic E-state index is 0.183. The van der Waals surface area contributed by atoms with Gasteiger partial charge in [0.2, 0.25) is 0 Å². The molecule has 102 valence electrons. The zero-order valence-electron chi connectivity index (χ0n) is 11.6. The molecule has 2 unspecified atom stereocenters. The van der Waals surface area contributed by atoms with Crippen LogP contribution in [0.5, 0.6) is 0 Å². The number of nitrogens with zero attached hydrogens (tertiary/aromatic N) is 1. The lowest BCUT2D eigenvalue weighted by Gasteiger charge is -2.45. The summed E-state index contributed by atoms with van der Waals surface area (Å²) in [6.07, 6.45) is 1.22. The molecule has 2 rings (SSSR count). The Morgan fingerprint density at radius 3 is 2.78 bits per heavy atom. The van der Waals surface area contributed by atoms with Gasteiger partial charge in [-0.2, -0.15) is 11.8 Å². The summed E-state index contributed by atoms with van der Waals surface area (Å²) in [5, 5.41) is 2.79. The molecule has 1 aromatic rings. The van der Waals surface area contributed by atoms with Crippen molar-refractivity contribution < 1.29 is 0 Å². The van der Waals surface area contributed by atoms with E-state index < -0.39 is 0 Å². The predicted octanol–water partition coefficient (Wildman–Crippen LogP) is 3.18. The molecule has 0 saturated carbocycles. The van der Waals surface area contributed by atoms with Gasteiger partial charge in [0, 0.05) is 34.8 Å². The van der Waals surface area contributed by atoms with Crippen LogP contribution in [0.3, 0.4) is 0 Å². The van der Waals surface area contributed by atoms with Crippen LogP contribution < -0.4 is 5.73 Å². The molecule has 0 aliphatic carbocycles. The van der Waals surface area contributed by atoms with Gasteiger partial charge in [-0.05, 0) is 37.5 Å². The van der Waals surface area contributed by atoms with Crippen molar-refractivity contribution in [3.05, 3.63) is 22.4 Å². The van der Waals surface area contributed by atoms with Gasteiger partial charge in [0.15, 0.2) is 0 Å². The summed E-state index contributed by atoms with van der Waals surface area (Å²) < 4.78 is 0. The van der Waals surface area contributed by atoms with Gasteiger partial charge in [-0.3, -0.25) is 4.90 Å². The van der Waals surface area contributed by atoms with E-state index in [-0.39, 0.29) is 5.54 Å². The van der Waals surface area contributed by atoms with Crippen LogP contribution >= 0.6 is 23.1 Å². The van der Waals surface area contributed by atoms with Gasteiger partial charge in [-0.25, -0.2) is 0 Å². The Morgan fingerprint density at radius 2 is 2.33 bits per heavy atom. The molecule has 2 N–H and O–H groups in total. The smallest absolute Gasteiger partial charge is 0.0461 e. The van der Waals surface area contributed by atoms with Gasteiger partial charge in [-0.15, -0.1) is 11.3 Å².